The van der Waals surface area contributed by atoms with E-state index in [1.807, 2.05) is 0 Å². The van der Waals surface area contributed by atoms with Gasteiger partial charge in [-0.3, -0.25) is 4.90 Å². The molecule has 1 unspecified atom stereocenters. The Bertz CT molecular complexity index is 462. The molecule has 0 radical (unpaired) electrons. The van der Waals surface area contributed by atoms with E-state index in [0.717, 1.165) is 32.6 Å². The van der Waals surface area contributed by atoms with Crippen molar-refractivity contribution in [2.75, 3.05) is 26.2 Å². The molecule has 1 N–H and O–H groups in total. The number of imidazole rings is 1. The molecule has 2 fully saturated rings. The molecule has 2 aliphatic heterocycles. The lowest BCUT2D eigenvalue weighted by atomic mass is 9.87. The van der Waals surface area contributed by atoms with E-state index >= 15 is 0 Å². The van der Waals surface area contributed by atoms with Crippen molar-refractivity contribution in [3.05, 3.63) is 18.2 Å². The summed E-state index contributed by atoms with van der Waals surface area (Å²) in [7, 11) is 0. The third kappa shape index (κ3) is 2.98. The average molecular weight is 288 g/mol. The van der Waals surface area contributed by atoms with Gasteiger partial charge < -0.3 is 9.88 Å². The Morgan fingerprint density at radius 1 is 1.35 bits per heavy atom. The number of hydrogen-bond acceptors (Lipinski definition) is 3. The van der Waals surface area contributed by atoms with Crippen LogP contribution in [-0.4, -0.2) is 46.8 Å². The fourth-order valence-corrected chi connectivity index (χ4v) is 3.34. The van der Waals surface area contributed by atoms with Gasteiger partial charge in [-0.15, -0.1) is 0 Å². The minimum atomic E-state index is -4.20. The molecule has 2 saturated heterocycles. The largest absolute Gasteiger partial charge is 0.406 e. The van der Waals surface area contributed by atoms with Crippen molar-refractivity contribution in [3.63, 3.8) is 0 Å². The summed E-state index contributed by atoms with van der Waals surface area (Å²) in [6, 6.07) is 0. The van der Waals surface area contributed by atoms with Crippen LogP contribution in [0.4, 0.5) is 13.2 Å². The molecule has 4 nitrogen and oxygen atoms in total. The Hall–Kier alpha value is -1.08. The monoisotopic (exact) mass is 288 g/mol. The molecule has 7 heteroatoms. The molecule has 3 heterocycles. The molecule has 0 bridgehead atoms. The molecular formula is C13H19F3N4. The van der Waals surface area contributed by atoms with Crippen LogP contribution in [0.3, 0.4) is 0 Å². The lowest BCUT2D eigenvalue weighted by Crippen LogP contribution is -2.30. The topological polar surface area (TPSA) is 33.1 Å². The van der Waals surface area contributed by atoms with E-state index in [1.54, 1.807) is 0 Å². The van der Waals surface area contributed by atoms with E-state index in [9.17, 15) is 13.2 Å². The third-order valence-electron chi connectivity index (χ3n) is 4.37. The molecule has 2 aliphatic rings. The van der Waals surface area contributed by atoms with Crippen molar-refractivity contribution >= 4 is 0 Å². The summed E-state index contributed by atoms with van der Waals surface area (Å²) >= 11 is 0. The van der Waals surface area contributed by atoms with Crippen molar-refractivity contribution in [1.82, 2.24) is 19.8 Å². The van der Waals surface area contributed by atoms with Crippen LogP contribution in [0.1, 0.15) is 18.7 Å². The summed E-state index contributed by atoms with van der Waals surface area (Å²) in [4.78, 5) is 6.31. The number of likely N-dealkylation sites (tertiary alicyclic amines) is 1. The maximum absolute atomic E-state index is 12.5. The SMILES string of the molecule is FC(F)(F)Cn1ccnc1CN1CCC2(CCNC2)C1. The van der Waals surface area contributed by atoms with Gasteiger partial charge in [-0.25, -0.2) is 4.98 Å². The molecular weight excluding hydrogens is 269 g/mol. The van der Waals surface area contributed by atoms with Gasteiger partial charge in [-0.1, -0.05) is 0 Å². The van der Waals surface area contributed by atoms with Crippen LogP contribution in [0.2, 0.25) is 0 Å². The molecule has 1 aromatic heterocycles. The van der Waals surface area contributed by atoms with E-state index in [0.29, 0.717) is 17.8 Å². The van der Waals surface area contributed by atoms with E-state index < -0.39 is 12.7 Å². The van der Waals surface area contributed by atoms with Crippen LogP contribution >= 0.6 is 0 Å². The van der Waals surface area contributed by atoms with Gasteiger partial charge in [0, 0.05) is 25.5 Å². The number of hydrogen-bond donors (Lipinski definition) is 1. The van der Waals surface area contributed by atoms with Crippen molar-refractivity contribution in [3.8, 4) is 0 Å². The standard InChI is InChI=1S/C13H19F3N4/c14-13(15,16)10-20-6-4-18-11(20)7-19-5-2-12(9-19)1-3-17-8-12/h4,6,17H,1-3,5,7-10H2. The molecule has 0 amide bonds. The molecule has 1 spiro atoms. The summed E-state index contributed by atoms with van der Waals surface area (Å²) in [5, 5.41) is 3.38. The number of aromatic nitrogens is 2. The Morgan fingerprint density at radius 3 is 2.90 bits per heavy atom. The third-order valence-corrected chi connectivity index (χ3v) is 4.37. The predicted molar refractivity (Wildman–Crippen MR) is 68.1 cm³/mol. The van der Waals surface area contributed by atoms with E-state index in [-0.39, 0.29) is 0 Å². The summed E-state index contributed by atoms with van der Waals surface area (Å²) in [5.41, 5.74) is 0.335. The number of halogens is 3. The van der Waals surface area contributed by atoms with Gasteiger partial charge in [-0.05, 0) is 31.3 Å². The number of nitrogens with one attached hydrogen (secondary N) is 1. The molecule has 1 atom stereocenters. The van der Waals surface area contributed by atoms with Crippen LogP contribution in [0.5, 0.6) is 0 Å². The van der Waals surface area contributed by atoms with Crippen LogP contribution in [0.25, 0.3) is 0 Å². The van der Waals surface area contributed by atoms with Crippen molar-refractivity contribution in [2.24, 2.45) is 5.41 Å². The zero-order valence-corrected chi connectivity index (χ0v) is 11.3. The average Bonchev–Trinajstić information content (AvgIpc) is 3.04. The van der Waals surface area contributed by atoms with Gasteiger partial charge in [0.15, 0.2) is 0 Å². The van der Waals surface area contributed by atoms with Gasteiger partial charge in [-0.2, -0.15) is 13.2 Å². The molecule has 112 valence electrons. The zero-order chi connectivity index (χ0) is 14.2. The van der Waals surface area contributed by atoms with Crippen LogP contribution in [0, 0.1) is 5.41 Å². The fourth-order valence-electron chi connectivity index (χ4n) is 3.34. The highest BCUT2D eigenvalue weighted by Crippen LogP contribution is 2.36. The van der Waals surface area contributed by atoms with Crippen molar-refractivity contribution < 1.29 is 13.2 Å². The van der Waals surface area contributed by atoms with Crippen molar-refractivity contribution in [1.29, 1.82) is 0 Å². The van der Waals surface area contributed by atoms with Gasteiger partial charge in [0.2, 0.25) is 0 Å². The maximum Gasteiger partial charge on any atom is 0.406 e. The van der Waals surface area contributed by atoms with E-state index in [2.05, 4.69) is 15.2 Å². The van der Waals surface area contributed by atoms with E-state index in [4.69, 9.17) is 0 Å². The molecule has 0 saturated carbocycles. The minimum Gasteiger partial charge on any atom is -0.325 e. The first kappa shape index (κ1) is 13.9. The zero-order valence-electron chi connectivity index (χ0n) is 11.3. The number of nitrogens with zero attached hydrogens (tertiary/aromatic N) is 3. The van der Waals surface area contributed by atoms with Gasteiger partial charge in [0.05, 0.1) is 6.54 Å². The van der Waals surface area contributed by atoms with Crippen LogP contribution in [-0.2, 0) is 13.1 Å². The summed E-state index contributed by atoms with van der Waals surface area (Å²) in [5.74, 6) is 0.505. The summed E-state index contributed by atoms with van der Waals surface area (Å²) in [6.07, 6.45) is 0.952. The first-order chi connectivity index (χ1) is 9.46. The van der Waals surface area contributed by atoms with E-state index in [1.165, 1.54) is 23.4 Å². The maximum atomic E-state index is 12.5. The lowest BCUT2D eigenvalue weighted by molar-refractivity contribution is -0.141. The Labute approximate surface area is 116 Å². The number of rotatable bonds is 3. The first-order valence-electron chi connectivity index (χ1n) is 6.96. The molecule has 20 heavy (non-hydrogen) atoms. The van der Waals surface area contributed by atoms with Crippen LogP contribution < -0.4 is 5.32 Å². The van der Waals surface area contributed by atoms with Crippen LogP contribution in [0.15, 0.2) is 12.4 Å². The first-order valence-corrected chi connectivity index (χ1v) is 6.96. The number of alkyl halides is 3. The Kier molecular flexibility index (Phi) is 3.50. The fraction of sp³-hybridized carbons (Fsp3) is 0.769. The minimum absolute atomic E-state index is 0.335. The Morgan fingerprint density at radius 2 is 2.20 bits per heavy atom. The highest BCUT2D eigenvalue weighted by atomic mass is 19.4. The second-order valence-electron chi connectivity index (χ2n) is 5.97. The highest BCUT2D eigenvalue weighted by molar-refractivity contribution is 4.99. The van der Waals surface area contributed by atoms with Crippen molar-refractivity contribution in [2.45, 2.75) is 32.1 Å². The summed E-state index contributed by atoms with van der Waals surface area (Å²) < 4.78 is 38.7. The summed E-state index contributed by atoms with van der Waals surface area (Å²) in [6.45, 7) is 3.53. The highest BCUT2D eigenvalue weighted by Gasteiger charge is 2.40. The Balaban J connectivity index is 1.63. The smallest absolute Gasteiger partial charge is 0.325 e. The molecule has 3 rings (SSSR count). The second kappa shape index (κ2) is 5.04. The predicted octanol–water partition coefficient (Wildman–Crippen LogP) is 1.63. The lowest BCUT2D eigenvalue weighted by Gasteiger charge is -2.23. The second-order valence-corrected chi connectivity index (χ2v) is 5.97. The van der Waals surface area contributed by atoms with Gasteiger partial charge in [0.25, 0.3) is 0 Å². The quantitative estimate of drug-likeness (QED) is 0.918. The molecule has 1 aromatic rings. The van der Waals surface area contributed by atoms with Gasteiger partial charge >= 0.3 is 6.18 Å². The normalized spacial score (nSPS) is 27.8. The van der Waals surface area contributed by atoms with Gasteiger partial charge in [0.1, 0.15) is 12.4 Å². The molecule has 0 aliphatic carbocycles. The molecule has 0 aromatic carbocycles.